The van der Waals surface area contributed by atoms with Gasteiger partial charge in [-0.3, -0.25) is 9.10 Å². The number of para-hydroxylation sites is 1. The van der Waals surface area contributed by atoms with Crippen molar-refractivity contribution >= 4 is 21.7 Å². The lowest BCUT2D eigenvalue weighted by molar-refractivity contribution is -0.139. The highest BCUT2D eigenvalue weighted by molar-refractivity contribution is 7.93. The summed E-state index contributed by atoms with van der Waals surface area (Å²) in [7, 11) is -3.76. The van der Waals surface area contributed by atoms with Crippen LogP contribution in [0.25, 0.3) is 0 Å². The number of sulfonamides is 1. The van der Waals surface area contributed by atoms with Crippen LogP contribution >= 0.6 is 0 Å². The lowest BCUT2D eigenvalue weighted by Gasteiger charge is -2.25. The smallest absolute Gasteiger partial charge is 0.323 e. The summed E-state index contributed by atoms with van der Waals surface area (Å²) in [4.78, 5) is 11.5. The minimum Gasteiger partial charge on any atom is -0.465 e. The summed E-state index contributed by atoms with van der Waals surface area (Å²) in [5.74, 6) is -1.36. The topological polar surface area (TPSA) is 75.7 Å². The van der Waals surface area contributed by atoms with Crippen molar-refractivity contribution in [3.63, 3.8) is 0 Å². The van der Waals surface area contributed by atoms with Crippen LogP contribution in [0.5, 0.6) is 0 Å². The van der Waals surface area contributed by atoms with E-state index < -0.39 is 21.7 Å². The van der Waals surface area contributed by atoms with E-state index in [1.54, 1.807) is 19.1 Å². The highest BCUT2D eigenvalue weighted by Gasteiger charge is 2.30. The first-order chi connectivity index (χ1) is 9.94. The molecule has 1 heterocycles. The predicted molar refractivity (Wildman–Crippen MR) is 80.5 cm³/mol. The van der Waals surface area contributed by atoms with Crippen LogP contribution in [-0.2, 0) is 26.1 Å². The molecule has 2 rings (SSSR count). The minimum atomic E-state index is -3.76. The molecular formula is C14H20N2O4S. The SMILES string of the molecule is CCOC(=O)CS(=O)(=O)N1CC(C)NCc2ccccc21. The Kier molecular flexibility index (Phi) is 4.84. The largest absolute Gasteiger partial charge is 0.465 e. The number of nitrogens with zero attached hydrogens (tertiary/aromatic N) is 1. The molecule has 0 radical (unpaired) electrons. The summed E-state index contributed by atoms with van der Waals surface area (Å²) >= 11 is 0. The van der Waals surface area contributed by atoms with Gasteiger partial charge in [-0.15, -0.1) is 0 Å². The Hall–Kier alpha value is -1.60. The molecule has 1 aromatic carbocycles. The zero-order valence-corrected chi connectivity index (χ0v) is 13.0. The number of rotatable bonds is 4. The van der Waals surface area contributed by atoms with E-state index in [0.29, 0.717) is 18.8 Å². The van der Waals surface area contributed by atoms with Crippen molar-refractivity contribution < 1.29 is 17.9 Å². The van der Waals surface area contributed by atoms with Crippen molar-refractivity contribution in [3.8, 4) is 0 Å². The van der Waals surface area contributed by atoms with Crippen molar-refractivity contribution in [2.45, 2.75) is 26.4 Å². The van der Waals surface area contributed by atoms with Crippen LogP contribution in [0.4, 0.5) is 5.69 Å². The van der Waals surface area contributed by atoms with E-state index in [-0.39, 0.29) is 12.6 Å². The van der Waals surface area contributed by atoms with Gasteiger partial charge in [-0.25, -0.2) is 8.42 Å². The van der Waals surface area contributed by atoms with Gasteiger partial charge in [-0.05, 0) is 25.5 Å². The van der Waals surface area contributed by atoms with E-state index in [1.165, 1.54) is 4.31 Å². The number of benzene rings is 1. The summed E-state index contributed by atoms with van der Waals surface area (Å²) in [6.45, 7) is 4.63. The average Bonchev–Trinajstić information content (AvgIpc) is 2.59. The Bertz CT molecular complexity index is 615. The van der Waals surface area contributed by atoms with E-state index >= 15 is 0 Å². The van der Waals surface area contributed by atoms with Gasteiger partial charge in [0.1, 0.15) is 0 Å². The molecule has 1 aliphatic heterocycles. The van der Waals surface area contributed by atoms with Crippen LogP contribution in [0.2, 0.25) is 0 Å². The van der Waals surface area contributed by atoms with E-state index in [1.807, 2.05) is 19.1 Å². The van der Waals surface area contributed by atoms with Gasteiger partial charge in [-0.1, -0.05) is 18.2 Å². The normalized spacial score (nSPS) is 18.8. The molecule has 6 nitrogen and oxygen atoms in total. The Morgan fingerprint density at radius 2 is 2.14 bits per heavy atom. The van der Waals surface area contributed by atoms with E-state index in [2.05, 4.69) is 5.32 Å². The van der Waals surface area contributed by atoms with Crippen LogP contribution in [0.1, 0.15) is 19.4 Å². The van der Waals surface area contributed by atoms with Gasteiger partial charge in [0.2, 0.25) is 10.0 Å². The van der Waals surface area contributed by atoms with E-state index in [9.17, 15) is 13.2 Å². The molecule has 7 heteroatoms. The van der Waals surface area contributed by atoms with Gasteiger partial charge in [0.15, 0.2) is 5.75 Å². The van der Waals surface area contributed by atoms with Crippen LogP contribution in [0, 0.1) is 0 Å². The Morgan fingerprint density at radius 3 is 2.86 bits per heavy atom. The molecule has 0 bridgehead atoms. The van der Waals surface area contributed by atoms with Crippen LogP contribution in [0.3, 0.4) is 0 Å². The summed E-state index contributed by atoms with van der Waals surface area (Å²) in [5, 5.41) is 3.26. The number of esters is 1. The predicted octanol–water partition coefficient (Wildman–Crippen LogP) is 0.878. The third kappa shape index (κ3) is 3.74. The molecule has 0 aliphatic carbocycles. The molecule has 0 spiro atoms. The number of nitrogens with one attached hydrogen (secondary N) is 1. The number of fused-ring (bicyclic) bond motifs is 1. The van der Waals surface area contributed by atoms with Crippen molar-refractivity contribution in [1.82, 2.24) is 5.32 Å². The maximum Gasteiger partial charge on any atom is 0.323 e. The van der Waals surface area contributed by atoms with Crippen molar-refractivity contribution in [2.24, 2.45) is 0 Å². The van der Waals surface area contributed by atoms with Crippen LogP contribution in [-0.4, -0.2) is 39.3 Å². The summed E-state index contributed by atoms with van der Waals surface area (Å²) in [5.41, 5.74) is 1.52. The van der Waals surface area contributed by atoms with E-state index in [0.717, 1.165) is 5.56 Å². The molecule has 116 valence electrons. The molecule has 0 aromatic heterocycles. The second-order valence-corrected chi connectivity index (χ2v) is 6.90. The first-order valence-corrected chi connectivity index (χ1v) is 8.52. The van der Waals surface area contributed by atoms with E-state index in [4.69, 9.17) is 4.74 Å². The number of carbonyl (C=O) groups excluding carboxylic acids is 1. The zero-order chi connectivity index (χ0) is 15.5. The van der Waals surface area contributed by atoms with Gasteiger partial charge in [-0.2, -0.15) is 0 Å². The lowest BCUT2D eigenvalue weighted by atomic mass is 10.2. The molecule has 21 heavy (non-hydrogen) atoms. The Balaban J connectivity index is 2.34. The number of hydrogen-bond donors (Lipinski definition) is 1. The fourth-order valence-corrected chi connectivity index (χ4v) is 3.76. The maximum atomic E-state index is 12.5. The highest BCUT2D eigenvalue weighted by Crippen LogP contribution is 2.26. The fourth-order valence-electron chi connectivity index (χ4n) is 2.29. The maximum absolute atomic E-state index is 12.5. The molecule has 1 atom stereocenters. The third-order valence-corrected chi connectivity index (χ3v) is 4.90. The number of anilines is 1. The van der Waals surface area contributed by atoms with Gasteiger partial charge in [0, 0.05) is 19.1 Å². The van der Waals surface area contributed by atoms with Gasteiger partial charge in [0.05, 0.1) is 12.3 Å². The number of ether oxygens (including phenoxy) is 1. The standard InChI is InChI=1S/C14H20N2O4S/c1-3-20-14(17)10-21(18,19)16-9-11(2)15-8-12-6-4-5-7-13(12)16/h4-7,11,15H,3,8-10H2,1-2H3. The third-order valence-electron chi connectivity index (χ3n) is 3.28. The molecular weight excluding hydrogens is 292 g/mol. The Morgan fingerprint density at radius 1 is 1.43 bits per heavy atom. The molecule has 1 aromatic rings. The van der Waals surface area contributed by atoms with Crippen molar-refractivity contribution in [2.75, 3.05) is 23.2 Å². The van der Waals surface area contributed by atoms with Crippen LogP contribution in [0.15, 0.2) is 24.3 Å². The molecule has 0 saturated heterocycles. The second kappa shape index (κ2) is 6.44. The summed E-state index contributed by atoms with van der Waals surface area (Å²) in [6.07, 6.45) is 0. The minimum absolute atomic E-state index is 0.00521. The van der Waals surface area contributed by atoms with Crippen LogP contribution < -0.4 is 9.62 Å². The Labute approximate surface area is 125 Å². The van der Waals surface area contributed by atoms with Crippen molar-refractivity contribution in [1.29, 1.82) is 0 Å². The lowest BCUT2D eigenvalue weighted by Crippen LogP contribution is -2.42. The van der Waals surface area contributed by atoms with Gasteiger partial charge < -0.3 is 10.1 Å². The van der Waals surface area contributed by atoms with Crippen molar-refractivity contribution in [3.05, 3.63) is 29.8 Å². The van der Waals surface area contributed by atoms with Gasteiger partial charge >= 0.3 is 5.97 Å². The molecule has 1 aliphatic rings. The molecule has 0 fully saturated rings. The monoisotopic (exact) mass is 312 g/mol. The second-order valence-electron chi connectivity index (χ2n) is 5.00. The average molecular weight is 312 g/mol. The fraction of sp³-hybridized carbons (Fsp3) is 0.500. The number of hydrogen-bond acceptors (Lipinski definition) is 5. The molecule has 0 amide bonds. The first-order valence-electron chi connectivity index (χ1n) is 6.91. The first kappa shape index (κ1) is 15.8. The quantitative estimate of drug-likeness (QED) is 0.835. The molecule has 0 saturated carbocycles. The summed E-state index contributed by atoms with van der Waals surface area (Å²) in [6, 6.07) is 7.30. The highest BCUT2D eigenvalue weighted by atomic mass is 32.2. The molecule has 1 N–H and O–H groups in total. The zero-order valence-electron chi connectivity index (χ0n) is 12.2. The summed E-state index contributed by atoms with van der Waals surface area (Å²) < 4.78 is 31.1. The van der Waals surface area contributed by atoms with Gasteiger partial charge in [0.25, 0.3) is 0 Å². The molecule has 1 unspecified atom stereocenters. The number of carbonyl (C=O) groups is 1.